The number of carbonyl (C=O) groups excluding carboxylic acids is 1. The van der Waals surface area contributed by atoms with Gasteiger partial charge in [0.1, 0.15) is 0 Å². The largest absolute Gasteiger partial charge is 0.357 e. The lowest BCUT2D eigenvalue weighted by Crippen LogP contribution is -2.47. The van der Waals surface area contributed by atoms with Gasteiger partial charge in [-0.15, -0.1) is 0 Å². The molecule has 0 saturated heterocycles. The van der Waals surface area contributed by atoms with Crippen molar-refractivity contribution in [2.24, 2.45) is 4.99 Å². The van der Waals surface area contributed by atoms with Gasteiger partial charge in [-0.1, -0.05) is 22.0 Å². The van der Waals surface area contributed by atoms with Gasteiger partial charge in [-0.25, -0.2) is 0 Å². The highest BCUT2D eigenvalue weighted by molar-refractivity contribution is 9.10. The number of guanidine groups is 1. The molecule has 1 amide bonds. The molecule has 1 aromatic carbocycles. The van der Waals surface area contributed by atoms with Crippen LogP contribution in [0.5, 0.6) is 0 Å². The first-order valence-corrected chi connectivity index (χ1v) is 8.21. The molecule has 5 nitrogen and oxygen atoms in total. The van der Waals surface area contributed by atoms with Crippen molar-refractivity contribution in [2.45, 2.75) is 33.2 Å². The molecule has 0 aliphatic rings. The summed E-state index contributed by atoms with van der Waals surface area (Å²) in [7, 11) is 0. The highest BCUT2D eigenvalue weighted by Gasteiger charge is 2.11. The van der Waals surface area contributed by atoms with E-state index in [1.165, 1.54) is 0 Å². The molecule has 1 rings (SSSR count). The second kappa shape index (κ2) is 8.78. The number of amides is 1. The average Bonchev–Trinajstić information content (AvgIpc) is 2.42. The molecule has 0 aromatic heterocycles. The van der Waals surface area contributed by atoms with E-state index in [9.17, 15) is 4.79 Å². The van der Waals surface area contributed by atoms with Crippen molar-refractivity contribution in [1.82, 2.24) is 16.0 Å². The van der Waals surface area contributed by atoms with Crippen LogP contribution in [0, 0.1) is 0 Å². The number of hydrogen-bond donors (Lipinski definition) is 3. The molecule has 122 valence electrons. The maximum atomic E-state index is 12.0. The van der Waals surface area contributed by atoms with E-state index in [0.717, 1.165) is 17.0 Å². The first kappa shape index (κ1) is 18.5. The summed E-state index contributed by atoms with van der Waals surface area (Å²) < 4.78 is 0.891. The van der Waals surface area contributed by atoms with Crippen molar-refractivity contribution in [3.05, 3.63) is 34.3 Å². The average molecular weight is 369 g/mol. The second-order valence-corrected chi connectivity index (χ2v) is 6.82. The molecule has 0 radical (unpaired) electrons. The fourth-order valence-electron chi connectivity index (χ4n) is 1.73. The van der Waals surface area contributed by atoms with Crippen LogP contribution >= 0.6 is 15.9 Å². The molecule has 0 fully saturated rings. The molecular formula is C16H25BrN4O. The van der Waals surface area contributed by atoms with E-state index in [-0.39, 0.29) is 11.4 Å². The van der Waals surface area contributed by atoms with Crippen molar-refractivity contribution in [3.8, 4) is 0 Å². The third kappa shape index (κ3) is 7.45. The number of carbonyl (C=O) groups is 1. The summed E-state index contributed by atoms with van der Waals surface area (Å²) in [6, 6.07) is 7.31. The Bertz CT molecular complexity index is 523. The molecule has 0 unspecified atom stereocenters. The van der Waals surface area contributed by atoms with Gasteiger partial charge in [-0.2, -0.15) is 0 Å². The molecule has 0 aliphatic heterocycles. The molecule has 22 heavy (non-hydrogen) atoms. The van der Waals surface area contributed by atoms with Crippen LogP contribution in [0.15, 0.2) is 33.7 Å². The summed E-state index contributed by atoms with van der Waals surface area (Å²) in [5, 5.41) is 9.35. The Hall–Kier alpha value is -1.56. The Morgan fingerprint density at radius 3 is 2.59 bits per heavy atom. The van der Waals surface area contributed by atoms with Gasteiger partial charge in [0, 0.05) is 28.7 Å². The van der Waals surface area contributed by atoms with Gasteiger partial charge >= 0.3 is 0 Å². The van der Waals surface area contributed by atoms with Crippen LogP contribution in [0.25, 0.3) is 0 Å². The SMILES string of the molecule is CCNC(=NCCNC(=O)c1cccc(Br)c1)NC(C)(C)C. The topological polar surface area (TPSA) is 65.5 Å². The van der Waals surface area contributed by atoms with E-state index < -0.39 is 0 Å². The standard InChI is InChI=1S/C16H25BrN4O/c1-5-18-15(21-16(2,3)4)20-10-9-19-14(22)12-7-6-8-13(17)11-12/h6-8,11H,5,9-10H2,1-4H3,(H,19,22)(H2,18,20,21). The quantitative estimate of drug-likeness (QED) is 0.425. The van der Waals surface area contributed by atoms with E-state index >= 15 is 0 Å². The highest BCUT2D eigenvalue weighted by atomic mass is 79.9. The monoisotopic (exact) mass is 368 g/mol. The molecule has 0 spiro atoms. The molecule has 3 N–H and O–H groups in total. The predicted molar refractivity (Wildman–Crippen MR) is 95.3 cm³/mol. The zero-order valence-corrected chi connectivity index (χ0v) is 15.3. The van der Waals surface area contributed by atoms with Gasteiger partial charge in [-0.3, -0.25) is 9.79 Å². The van der Waals surface area contributed by atoms with Gasteiger partial charge in [0.2, 0.25) is 0 Å². The Balaban J connectivity index is 2.47. The Morgan fingerprint density at radius 2 is 2.00 bits per heavy atom. The lowest BCUT2D eigenvalue weighted by atomic mass is 10.1. The predicted octanol–water partition coefficient (Wildman–Crippen LogP) is 2.53. The third-order valence-electron chi connectivity index (χ3n) is 2.59. The van der Waals surface area contributed by atoms with Crippen LogP contribution in [-0.2, 0) is 0 Å². The van der Waals surface area contributed by atoms with Crippen LogP contribution in [0.4, 0.5) is 0 Å². The minimum absolute atomic E-state index is 0.0550. The molecule has 0 aliphatic carbocycles. The minimum Gasteiger partial charge on any atom is -0.357 e. The Kier molecular flexibility index (Phi) is 7.38. The van der Waals surface area contributed by atoms with Crippen LogP contribution in [-0.4, -0.2) is 37.0 Å². The van der Waals surface area contributed by atoms with Crippen molar-refractivity contribution in [2.75, 3.05) is 19.6 Å². The lowest BCUT2D eigenvalue weighted by Gasteiger charge is -2.23. The van der Waals surface area contributed by atoms with E-state index in [2.05, 4.69) is 57.6 Å². The normalized spacial score (nSPS) is 12.0. The zero-order chi connectivity index (χ0) is 16.6. The van der Waals surface area contributed by atoms with E-state index in [4.69, 9.17) is 0 Å². The third-order valence-corrected chi connectivity index (χ3v) is 3.08. The van der Waals surface area contributed by atoms with Gasteiger partial charge in [-0.05, 0) is 45.9 Å². The first-order valence-electron chi connectivity index (χ1n) is 7.42. The molecular weight excluding hydrogens is 344 g/mol. The summed E-state index contributed by atoms with van der Waals surface area (Å²) >= 11 is 3.36. The minimum atomic E-state index is -0.0923. The fraction of sp³-hybridized carbons (Fsp3) is 0.500. The van der Waals surface area contributed by atoms with Crippen LogP contribution < -0.4 is 16.0 Å². The Labute approximate surface area is 141 Å². The smallest absolute Gasteiger partial charge is 0.251 e. The summed E-state index contributed by atoms with van der Waals surface area (Å²) in [6.45, 7) is 10.1. The summed E-state index contributed by atoms with van der Waals surface area (Å²) in [4.78, 5) is 16.4. The summed E-state index contributed by atoms with van der Waals surface area (Å²) in [5.41, 5.74) is 0.582. The highest BCUT2D eigenvalue weighted by Crippen LogP contribution is 2.11. The number of rotatable bonds is 5. The van der Waals surface area contributed by atoms with Crippen molar-refractivity contribution in [3.63, 3.8) is 0 Å². The molecule has 0 bridgehead atoms. The van der Waals surface area contributed by atoms with Gasteiger partial charge in [0.25, 0.3) is 5.91 Å². The fourth-order valence-corrected chi connectivity index (χ4v) is 2.13. The first-order chi connectivity index (χ1) is 10.3. The van der Waals surface area contributed by atoms with Crippen molar-refractivity contribution >= 4 is 27.8 Å². The van der Waals surface area contributed by atoms with E-state index in [1.807, 2.05) is 19.1 Å². The molecule has 0 saturated carbocycles. The molecule has 6 heteroatoms. The number of hydrogen-bond acceptors (Lipinski definition) is 2. The van der Waals surface area contributed by atoms with E-state index in [1.54, 1.807) is 12.1 Å². The maximum absolute atomic E-state index is 12.0. The molecule has 0 atom stereocenters. The molecule has 0 heterocycles. The number of benzene rings is 1. The second-order valence-electron chi connectivity index (χ2n) is 5.90. The van der Waals surface area contributed by atoms with Gasteiger partial charge in [0.05, 0.1) is 6.54 Å². The number of nitrogens with zero attached hydrogens (tertiary/aromatic N) is 1. The maximum Gasteiger partial charge on any atom is 0.251 e. The van der Waals surface area contributed by atoms with Crippen molar-refractivity contribution in [1.29, 1.82) is 0 Å². The lowest BCUT2D eigenvalue weighted by molar-refractivity contribution is 0.0954. The van der Waals surface area contributed by atoms with Crippen molar-refractivity contribution < 1.29 is 4.79 Å². The number of aliphatic imine (C=N–C) groups is 1. The van der Waals surface area contributed by atoms with Gasteiger partial charge < -0.3 is 16.0 Å². The van der Waals surface area contributed by atoms with Crippen LogP contribution in [0.1, 0.15) is 38.1 Å². The Morgan fingerprint density at radius 1 is 1.27 bits per heavy atom. The number of halogens is 1. The van der Waals surface area contributed by atoms with Crippen LogP contribution in [0.3, 0.4) is 0 Å². The number of nitrogens with one attached hydrogen (secondary N) is 3. The van der Waals surface area contributed by atoms with Crippen LogP contribution in [0.2, 0.25) is 0 Å². The molecule has 1 aromatic rings. The summed E-state index contributed by atoms with van der Waals surface area (Å²) in [6.07, 6.45) is 0. The zero-order valence-electron chi connectivity index (χ0n) is 13.7. The van der Waals surface area contributed by atoms with Gasteiger partial charge in [0.15, 0.2) is 5.96 Å². The summed E-state index contributed by atoms with van der Waals surface area (Å²) in [5.74, 6) is 0.664. The van der Waals surface area contributed by atoms with E-state index in [0.29, 0.717) is 18.7 Å².